The van der Waals surface area contributed by atoms with Gasteiger partial charge in [0.2, 0.25) is 5.91 Å². The van der Waals surface area contributed by atoms with Crippen molar-refractivity contribution in [2.24, 2.45) is 5.92 Å². The molecule has 3 fully saturated rings. The molecular weight excluding hydrogens is 240 g/mol. The van der Waals surface area contributed by atoms with Crippen molar-refractivity contribution >= 4 is 5.91 Å². The van der Waals surface area contributed by atoms with Crippen LogP contribution in [0.15, 0.2) is 0 Å². The van der Waals surface area contributed by atoms with Crippen LogP contribution in [0.4, 0.5) is 0 Å². The third kappa shape index (κ3) is 3.69. The summed E-state index contributed by atoms with van der Waals surface area (Å²) in [6.07, 6.45) is 8.68. The maximum absolute atomic E-state index is 12.1. The summed E-state index contributed by atoms with van der Waals surface area (Å²) in [4.78, 5) is 14.5. The fourth-order valence-corrected chi connectivity index (χ4v) is 3.21. The highest BCUT2D eigenvalue weighted by Crippen LogP contribution is 2.30. The molecule has 0 aromatic rings. The molecule has 0 bridgehead atoms. The summed E-state index contributed by atoms with van der Waals surface area (Å²) in [5, 5.41) is 3.05. The molecular formula is C15H26N2O2. The molecule has 3 aliphatic rings. The monoisotopic (exact) mass is 266 g/mol. The van der Waals surface area contributed by atoms with Crippen LogP contribution in [0.1, 0.15) is 44.9 Å². The molecule has 108 valence electrons. The van der Waals surface area contributed by atoms with Crippen molar-refractivity contribution in [1.29, 1.82) is 0 Å². The smallest absolute Gasteiger partial charge is 0.237 e. The predicted octanol–water partition coefficient (Wildman–Crippen LogP) is 1.55. The average molecular weight is 266 g/mol. The van der Waals surface area contributed by atoms with Crippen molar-refractivity contribution in [1.82, 2.24) is 10.2 Å². The number of piperidine rings is 1. The van der Waals surface area contributed by atoms with E-state index in [4.69, 9.17) is 4.74 Å². The predicted molar refractivity (Wildman–Crippen MR) is 73.9 cm³/mol. The largest absolute Gasteiger partial charge is 0.377 e. The molecule has 2 aliphatic heterocycles. The van der Waals surface area contributed by atoms with Gasteiger partial charge in [-0.15, -0.1) is 0 Å². The Labute approximate surface area is 115 Å². The molecule has 1 saturated carbocycles. The standard InChI is InChI=1S/C15H26N2O2/c18-15-14(5-1-2-8-16-15)17-9-3-4-13(10-17)19-11-12-6-7-12/h12-14H,1-11H2,(H,16,18)/t13-,14-/m1/s1. The molecule has 19 heavy (non-hydrogen) atoms. The molecule has 0 aromatic carbocycles. The lowest BCUT2D eigenvalue weighted by Crippen LogP contribution is -2.51. The van der Waals surface area contributed by atoms with Gasteiger partial charge in [0.15, 0.2) is 0 Å². The second-order valence-electron chi connectivity index (χ2n) is 6.34. The van der Waals surface area contributed by atoms with Crippen LogP contribution < -0.4 is 5.32 Å². The fraction of sp³-hybridized carbons (Fsp3) is 0.933. The molecule has 2 saturated heterocycles. The van der Waals surface area contributed by atoms with Gasteiger partial charge in [0, 0.05) is 19.7 Å². The molecule has 0 spiro atoms. The first kappa shape index (κ1) is 13.4. The quantitative estimate of drug-likeness (QED) is 0.839. The van der Waals surface area contributed by atoms with Gasteiger partial charge in [-0.3, -0.25) is 9.69 Å². The number of hydrogen-bond donors (Lipinski definition) is 1. The Morgan fingerprint density at radius 1 is 1.16 bits per heavy atom. The Hall–Kier alpha value is -0.610. The first-order valence-electron chi connectivity index (χ1n) is 7.96. The molecule has 0 radical (unpaired) electrons. The summed E-state index contributed by atoms with van der Waals surface area (Å²) in [5.74, 6) is 1.07. The van der Waals surface area contributed by atoms with E-state index >= 15 is 0 Å². The van der Waals surface area contributed by atoms with Crippen LogP contribution in [0, 0.1) is 5.92 Å². The average Bonchev–Trinajstić information content (AvgIpc) is 3.24. The molecule has 2 heterocycles. The summed E-state index contributed by atoms with van der Waals surface area (Å²) < 4.78 is 6.02. The fourth-order valence-electron chi connectivity index (χ4n) is 3.21. The van der Waals surface area contributed by atoms with E-state index in [1.807, 2.05) is 0 Å². The van der Waals surface area contributed by atoms with Crippen LogP contribution in [0.25, 0.3) is 0 Å². The van der Waals surface area contributed by atoms with Gasteiger partial charge in [-0.05, 0) is 57.4 Å². The molecule has 0 aromatic heterocycles. The summed E-state index contributed by atoms with van der Waals surface area (Å²) in [5.41, 5.74) is 0. The first-order valence-corrected chi connectivity index (χ1v) is 7.96. The van der Waals surface area contributed by atoms with Crippen LogP contribution in [0.2, 0.25) is 0 Å². The number of amides is 1. The Morgan fingerprint density at radius 3 is 2.89 bits per heavy atom. The van der Waals surface area contributed by atoms with E-state index in [1.165, 1.54) is 19.3 Å². The van der Waals surface area contributed by atoms with Gasteiger partial charge in [0.05, 0.1) is 12.1 Å². The topological polar surface area (TPSA) is 41.6 Å². The molecule has 3 rings (SSSR count). The molecule has 4 nitrogen and oxygen atoms in total. The minimum Gasteiger partial charge on any atom is -0.377 e. The first-order chi connectivity index (χ1) is 9.33. The molecule has 1 aliphatic carbocycles. The number of nitrogens with one attached hydrogen (secondary N) is 1. The summed E-state index contributed by atoms with van der Waals surface area (Å²) in [6.45, 7) is 3.80. The van der Waals surface area contributed by atoms with Crippen LogP contribution in [-0.2, 0) is 9.53 Å². The van der Waals surface area contributed by atoms with E-state index in [1.54, 1.807) is 0 Å². The van der Waals surface area contributed by atoms with Gasteiger partial charge in [0.25, 0.3) is 0 Å². The lowest BCUT2D eigenvalue weighted by atomic mass is 10.0. The number of ether oxygens (including phenoxy) is 1. The van der Waals surface area contributed by atoms with E-state index in [0.717, 1.165) is 57.8 Å². The van der Waals surface area contributed by atoms with Gasteiger partial charge in [-0.2, -0.15) is 0 Å². The van der Waals surface area contributed by atoms with Crippen LogP contribution in [-0.4, -0.2) is 49.2 Å². The van der Waals surface area contributed by atoms with Crippen molar-refractivity contribution in [3.63, 3.8) is 0 Å². The molecule has 1 N–H and O–H groups in total. The summed E-state index contributed by atoms with van der Waals surface area (Å²) in [7, 11) is 0. The minimum atomic E-state index is 0.0924. The van der Waals surface area contributed by atoms with E-state index in [2.05, 4.69) is 10.2 Å². The minimum absolute atomic E-state index is 0.0924. The van der Waals surface area contributed by atoms with Crippen molar-refractivity contribution in [2.45, 2.75) is 57.1 Å². The van der Waals surface area contributed by atoms with Crippen LogP contribution in [0.5, 0.6) is 0 Å². The zero-order valence-corrected chi connectivity index (χ0v) is 11.8. The number of carbonyl (C=O) groups excluding carboxylic acids is 1. The normalized spacial score (nSPS) is 33.8. The SMILES string of the molecule is O=C1NCCCC[C@H]1N1CCC[C@@H](OCC2CC2)C1. The third-order valence-corrected chi connectivity index (χ3v) is 4.62. The highest BCUT2D eigenvalue weighted by atomic mass is 16.5. The lowest BCUT2D eigenvalue weighted by Gasteiger charge is -2.37. The summed E-state index contributed by atoms with van der Waals surface area (Å²) in [6, 6.07) is 0.0924. The second-order valence-corrected chi connectivity index (χ2v) is 6.34. The van der Waals surface area contributed by atoms with Gasteiger partial charge in [-0.25, -0.2) is 0 Å². The third-order valence-electron chi connectivity index (χ3n) is 4.62. The maximum atomic E-state index is 12.1. The van der Waals surface area contributed by atoms with Crippen molar-refractivity contribution in [2.75, 3.05) is 26.2 Å². The van der Waals surface area contributed by atoms with Gasteiger partial charge in [-0.1, -0.05) is 0 Å². The Balaban J connectivity index is 1.52. The number of likely N-dealkylation sites (tertiary alicyclic amines) is 1. The van der Waals surface area contributed by atoms with Gasteiger partial charge in [0.1, 0.15) is 0 Å². The number of hydrogen-bond acceptors (Lipinski definition) is 3. The number of rotatable bonds is 4. The molecule has 1 amide bonds. The molecule has 0 unspecified atom stereocenters. The molecule has 2 atom stereocenters. The van der Waals surface area contributed by atoms with Crippen molar-refractivity contribution in [3.05, 3.63) is 0 Å². The van der Waals surface area contributed by atoms with Crippen LogP contribution in [0.3, 0.4) is 0 Å². The Morgan fingerprint density at radius 2 is 2.05 bits per heavy atom. The second kappa shape index (κ2) is 6.23. The van der Waals surface area contributed by atoms with Crippen LogP contribution >= 0.6 is 0 Å². The zero-order valence-electron chi connectivity index (χ0n) is 11.8. The Kier molecular flexibility index (Phi) is 4.38. The van der Waals surface area contributed by atoms with E-state index < -0.39 is 0 Å². The number of carbonyl (C=O) groups is 1. The van der Waals surface area contributed by atoms with Crippen molar-refractivity contribution < 1.29 is 9.53 Å². The highest BCUT2D eigenvalue weighted by molar-refractivity contribution is 5.81. The van der Waals surface area contributed by atoms with E-state index in [0.29, 0.717) is 6.10 Å². The Bertz CT molecular complexity index is 317. The van der Waals surface area contributed by atoms with E-state index in [-0.39, 0.29) is 11.9 Å². The van der Waals surface area contributed by atoms with E-state index in [9.17, 15) is 4.79 Å². The highest BCUT2D eigenvalue weighted by Gasteiger charge is 2.32. The van der Waals surface area contributed by atoms with Gasteiger partial charge >= 0.3 is 0 Å². The molecule has 4 heteroatoms. The maximum Gasteiger partial charge on any atom is 0.237 e. The van der Waals surface area contributed by atoms with Crippen molar-refractivity contribution in [3.8, 4) is 0 Å². The zero-order chi connectivity index (χ0) is 13.1. The lowest BCUT2D eigenvalue weighted by molar-refractivity contribution is -0.128. The number of nitrogens with zero attached hydrogens (tertiary/aromatic N) is 1. The summed E-state index contributed by atoms with van der Waals surface area (Å²) >= 11 is 0. The van der Waals surface area contributed by atoms with Gasteiger partial charge < -0.3 is 10.1 Å².